The van der Waals surface area contributed by atoms with Crippen LogP contribution in [0.15, 0.2) is 51.5 Å². The highest BCUT2D eigenvalue weighted by molar-refractivity contribution is 9.10. The molecule has 0 saturated heterocycles. The van der Waals surface area contributed by atoms with E-state index in [9.17, 15) is 0 Å². The second kappa shape index (κ2) is 5.72. The van der Waals surface area contributed by atoms with Crippen molar-refractivity contribution in [3.05, 3.63) is 57.0 Å². The van der Waals surface area contributed by atoms with Crippen molar-refractivity contribution in [2.75, 3.05) is 5.73 Å². The van der Waals surface area contributed by atoms with Crippen LogP contribution in [0.3, 0.4) is 0 Å². The van der Waals surface area contributed by atoms with Gasteiger partial charge >= 0.3 is 0 Å². The number of aromatic nitrogens is 1. The Balaban J connectivity index is 2.25. The number of nitrogens with zero attached hydrogens (tertiary/aromatic N) is 1. The lowest BCUT2D eigenvalue weighted by Crippen LogP contribution is -1.90. The molecule has 0 amide bonds. The zero-order chi connectivity index (χ0) is 15.0. The molecule has 0 spiro atoms. The first-order valence-electron chi connectivity index (χ1n) is 6.03. The molecule has 6 heteroatoms. The Morgan fingerprint density at radius 1 is 0.952 bits per heavy atom. The van der Waals surface area contributed by atoms with Crippen molar-refractivity contribution in [3.8, 4) is 22.5 Å². The summed E-state index contributed by atoms with van der Waals surface area (Å²) in [4.78, 5) is 0. The lowest BCUT2D eigenvalue weighted by Gasteiger charge is -2.07. The highest BCUT2D eigenvalue weighted by Crippen LogP contribution is 2.43. The van der Waals surface area contributed by atoms with Crippen molar-refractivity contribution < 1.29 is 4.52 Å². The maximum Gasteiger partial charge on any atom is 0.177 e. The molecule has 3 rings (SSSR count). The van der Waals surface area contributed by atoms with Crippen molar-refractivity contribution in [1.82, 2.24) is 5.16 Å². The molecule has 0 unspecified atom stereocenters. The van der Waals surface area contributed by atoms with Crippen molar-refractivity contribution in [2.45, 2.75) is 0 Å². The molecular weight excluding hydrogens is 375 g/mol. The van der Waals surface area contributed by atoms with E-state index < -0.39 is 0 Å². The van der Waals surface area contributed by atoms with Gasteiger partial charge in [0.2, 0.25) is 0 Å². The van der Waals surface area contributed by atoms with Crippen molar-refractivity contribution in [1.29, 1.82) is 0 Å². The molecule has 0 aliphatic heterocycles. The van der Waals surface area contributed by atoms with Crippen LogP contribution in [0.2, 0.25) is 10.0 Å². The minimum absolute atomic E-state index is 0.253. The van der Waals surface area contributed by atoms with E-state index in [-0.39, 0.29) is 5.82 Å². The number of rotatable bonds is 2. The summed E-state index contributed by atoms with van der Waals surface area (Å²) in [5.41, 5.74) is 8.02. The molecule has 1 heterocycles. The van der Waals surface area contributed by atoms with E-state index in [0.717, 1.165) is 10.0 Å². The number of nitrogen functional groups attached to an aromatic ring is 1. The van der Waals surface area contributed by atoms with Crippen LogP contribution in [0.1, 0.15) is 0 Å². The van der Waals surface area contributed by atoms with Crippen molar-refractivity contribution in [2.24, 2.45) is 0 Å². The summed E-state index contributed by atoms with van der Waals surface area (Å²) in [5.74, 6) is 0.790. The Hall–Kier alpha value is -1.49. The molecule has 3 aromatic rings. The zero-order valence-electron chi connectivity index (χ0n) is 10.6. The van der Waals surface area contributed by atoms with Gasteiger partial charge < -0.3 is 10.3 Å². The molecule has 2 aromatic carbocycles. The molecule has 1 aromatic heterocycles. The van der Waals surface area contributed by atoms with Crippen LogP contribution in [0.5, 0.6) is 0 Å². The summed E-state index contributed by atoms with van der Waals surface area (Å²) in [6.07, 6.45) is 0. The van der Waals surface area contributed by atoms with Gasteiger partial charge in [0, 0.05) is 15.6 Å². The fourth-order valence-electron chi connectivity index (χ4n) is 2.08. The molecule has 0 bridgehead atoms. The number of hydrogen-bond acceptors (Lipinski definition) is 3. The molecule has 0 radical (unpaired) electrons. The quantitative estimate of drug-likeness (QED) is 0.621. The maximum absolute atomic E-state index is 6.26. The summed E-state index contributed by atoms with van der Waals surface area (Å²) in [6, 6.07) is 12.9. The van der Waals surface area contributed by atoms with E-state index in [1.807, 2.05) is 24.3 Å². The highest BCUT2D eigenvalue weighted by Gasteiger charge is 2.21. The van der Waals surface area contributed by atoms with Gasteiger partial charge in [0.1, 0.15) is 0 Å². The van der Waals surface area contributed by atoms with Crippen LogP contribution in [0.25, 0.3) is 22.5 Å². The molecule has 2 N–H and O–H groups in total. The third-order valence-corrected chi connectivity index (χ3v) is 4.20. The Kier molecular flexibility index (Phi) is 3.93. The van der Waals surface area contributed by atoms with Gasteiger partial charge in [0.05, 0.1) is 15.6 Å². The van der Waals surface area contributed by atoms with E-state index in [4.69, 9.17) is 33.5 Å². The number of halogens is 3. The standard InChI is InChI=1S/C15H9BrCl2N2O/c16-9-6-4-8(5-7-9)14-13(15(19)20-21-14)12-10(17)2-1-3-11(12)18/h1-7H,(H2,19,20). The van der Waals surface area contributed by atoms with E-state index in [1.165, 1.54) is 0 Å². The van der Waals surface area contributed by atoms with Crippen molar-refractivity contribution >= 4 is 44.9 Å². The number of benzene rings is 2. The zero-order valence-corrected chi connectivity index (χ0v) is 13.7. The summed E-state index contributed by atoms with van der Waals surface area (Å²) < 4.78 is 6.35. The molecular formula is C15H9BrCl2N2O. The molecule has 0 fully saturated rings. The fraction of sp³-hybridized carbons (Fsp3) is 0. The van der Waals surface area contributed by atoms with Crippen molar-refractivity contribution in [3.63, 3.8) is 0 Å². The van der Waals surface area contributed by atoms with Gasteiger partial charge in [-0.2, -0.15) is 0 Å². The maximum atomic E-state index is 6.26. The summed E-state index contributed by atoms with van der Waals surface area (Å²) in [7, 11) is 0. The van der Waals surface area contributed by atoms with Crippen LogP contribution >= 0.6 is 39.1 Å². The smallest absolute Gasteiger partial charge is 0.177 e. The third-order valence-electron chi connectivity index (χ3n) is 3.04. The molecule has 0 aliphatic rings. The molecule has 0 aliphatic carbocycles. The third kappa shape index (κ3) is 2.67. The molecule has 3 nitrogen and oxygen atoms in total. The van der Waals surface area contributed by atoms with E-state index in [2.05, 4.69) is 21.1 Å². The predicted molar refractivity (Wildman–Crippen MR) is 89.5 cm³/mol. The van der Waals surface area contributed by atoms with Crippen LogP contribution < -0.4 is 5.73 Å². The van der Waals surface area contributed by atoms with Crippen LogP contribution in [0, 0.1) is 0 Å². The summed E-state index contributed by atoms with van der Waals surface area (Å²) >= 11 is 15.9. The SMILES string of the molecule is Nc1noc(-c2ccc(Br)cc2)c1-c1c(Cl)cccc1Cl. The molecule has 21 heavy (non-hydrogen) atoms. The Morgan fingerprint density at radius 3 is 2.19 bits per heavy atom. The Labute approximate surface area is 139 Å². The largest absolute Gasteiger partial charge is 0.380 e. The first-order valence-corrected chi connectivity index (χ1v) is 7.58. The van der Waals surface area contributed by atoms with Gasteiger partial charge in [-0.3, -0.25) is 0 Å². The number of nitrogens with two attached hydrogens (primary N) is 1. The molecule has 0 atom stereocenters. The van der Waals surface area contributed by atoms with E-state index >= 15 is 0 Å². The summed E-state index contributed by atoms with van der Waals surface area (Å²) in [5, 5.41) is 4.84. The first kappa shape index (κ1) is 14.4. The molecule has 106 valence electrons. The van der Waals surface area contributed by atoms with Crippen LogP contribution in [-0.2, 0) is 0 Å². The van der Waals surface area contributed by atoms with Crippen LogP contribution in [0.4, 0.5) is 5.82 Å². The fourth-order valence-corrected chi connectivity index (χ4v) is 2.93. The van der Waals surface area contributed by atoms with Crippen LogP contribution in [-0.4, -0.2) is 5.16 Å². The van der Waals surface area contributed by atoms with E-state index in [0.29, 0.717) is 26.9 Å². The average Bonchev–Trinajstić information content (AvgIpc) is 2.82. The predicted octanol–water partition coefficient (Wildman–Crippen LogP) is 5.66. The second-order valence-electron chi connectivity index (χ2n) is 4.38. The molecule has 0 saturated carbocycles. The van der Waals surface area contributed by atoms with E-state index in [1.54, 1.807) is 18.2 Å². The number of anilines is 1. The Bertz CT molecular complexity index is 780. The van der Waals surface area contributed by atoms with Gasteiger partial charge in [0.25, 0.3) is 0 Å². The normalized spacial score (nSPS) is 10.8. The highest BCUT2D eigenvalue weighted by atomic mass is 79.9. The lowest BCUT2D eigenvalue weighted by atomic mass is 10.0. The van der Waals surface area contributed by atoms with Gasteiger partial charge in [-0.15, -0.1) is 0 Å². The minimum Gasteiger partial charge on any atom is -0.380 e. The lowest BCUT2D eigenvalue weighted by molar-refractivity contribution is 0.436. The topological polar surface area (TPSA) is 52.0 Å². The average molecular weight is 384 g/mol. The number of hydrogen-bond donors (Lipinski definition) is 1. The Morgan fingerprint density at radius 2 is 1.57 bits per heavy atom. The summed E-state index contributed by atoms with van der Waals surface area (Å²) in [6.45, 7) is 0. The van der Waals surface area contributed by atoms with Gasteiger partial charge in [-0.05, 0) is 36.4 Å². The first-order chi connectivity index (χ1) is 10.1. The van der Waals surface area contributed by atoms with Gasteiger partial charge in [0.15, 0.2) is 11.6 Å². The minimum atomic E-state index is 0.253. The van der Waals surface area contributed by atoms with Gasteiger partial charge in [-0.25, -0.2) is 0 Å². The van der Waals surface area contributed by atoms with Gasteiger partial charge in [-0.1, -0.05) is 50.4 Å². The second-order valence-corrected chi connectivity index (χ2v) is 6.11. The monoisotopic (exact) mass is 382 g/mol.